The maximum Gasteiger partial charge on any atom is 0.251 e. The van der Waals surface area contributed by atoms with Crippen molar-refractivity contribution in [1.29, 1.82) is 0 Å². The Morgan fingerprint density at radius 1 is 1.12 bits per heavy atom. The molecule has 2 unspecified atom stereocenters. The van der Waals surface area contributed by atoms with E-state index < -0.39 is 35.8 Å². The fraction of sp³-hybridized carbons (Fsp3) is 0.391. The zero-order valence-electron chi connectivity index (χ0n) is 18.6. The number of amides is 3. The quantitative estimate of drug-likeness (QED) is 0.609. The molecule has 170 valence electrons. The molecule has 1 aromatic carbocycles. The van der Waals surface area contributed by atoms with Gasteiger partial charge in [-0.1, -0.05) is 19.9 Å². The van der Waals surface area contributed by atoms with E-state index in [-0.39, 0.29) is 18.2 Å². The average molecular weight is 442 g/mol. The molecule has 8 nitrogen and oxygen atoms in total. The molecule has 3 amide bonds. The van der Waals surface area contributed by atoms with Gasteiger partial charge < -0.3 is 16.0 Å². The Labute approximate surface area is 186 Å². The lowest BCUT2D eigenvalue weighted by Crippen LogP contribution is -2.57. The molecular weight excluding hydrogens is 413 g/mol. The number of hydrogen-bond donors (Lipinski definition) is 3. The molecular formula is C23H28FN5O3. The van der Waals surface area contributed by atoms with Gasteiger partial charge in [-0.15, -0.1) is 0 Å². The number of benzene rings is 1. The van der Waals surface area contributed by atoms with Crippen molar-refractivity contribution in [3.8, 4) is 0 Å². The summed E-state index contributed by atoms with van der Waals surface area (Å²) in [5.41, 5.74) is 1.18. The van der Waals surface area contributed by atoms with Crippen molar-refractivity contribution in [1.82, 2.24) is 15.6 Å². The molecule has 0 radical (unpaired) electrons. The van der Waals surface area contributed by atoms with E-state index in [2.05, 4.69) is 20.9 Å². The summed E-state index contributed by atoms with van der Waals surface area (Å²) in [4.78, 5) is 44.9. The number of anilines is 2. The van der Waals surface area contributed by atoms with Crippen molar-refractivity contribution in [2.45, 2.75) is 45.3 Å². The van der Waals surface area contributed by atoms with Gasteiger partial charge in [0.1, 0.15) is 23.7 Å². The van der Waals surface area contributed by atoms with Gasteiger partial charge >= 0.3 is 0 Å². The third-order valence-corrected chi connectivity index (χ3v) is 5.53. The van der Waals surface area contributed by atoms with Gasteiger partial charge in [-0.3, -0.25) is 19.3 Å². The fourth-order valence-electron chi connectivity index (χ4n) is 3.55. The van der Waals surface area contributed by atoms with Crippen LogP contribution in [0.25, 0.3) is 0 Å². The highest BCUT2D eigenvalue weighted by Gasteiger charge is 2.43. The van der Waals surface area contributed by atoms with E-state index >= 15 is 0 Å². The second-order valence-electron chi connectivity index (χ2n) is 8.15. The molecule has 1 aliphatic rings. The number of carbonyl (C=O) groups is 3. The van der Waals surface area contributed by atoms with Crippen molar-refractivity contribution in [3.63, 3.8) is 0 Å². The van der Waals surface area contributed by atoms with E-state index in [1.54, 1.807) is 26.2 Å². The highest BCUT2D eigenvalue weighted by atomic mass is 19.1. The molecule has 9 heteroatoms. The second kappa shape index (κ2) is 9.86. The zero-order chi connectivity index (χ0) is 23.4. The monoisotopic (exact) mass is 441 g/mol. The van der Waals surface area contributed by atoms with Crippen molar-refractivity contribution in [3.05, 3.63) is 54.0 Å². The number of nitrogens with zero attached hydrogens (tertiary/aromatic N) is 2. The molecule has 0 saturated heterocycles. The minimum absolute atomic E-state index is 0.218. The number of pyridine rings is 1. The largest absolute Gasteiger partial charge is 0.343 e. The summed E-state index contributed by atoms with van der Waals surface area (Å²) >= 11 is 0. The van der Waals surface area contributed by atoms with Gasteiger partial charge in [0, 0.05) is 18.3 Å². The number of hydrogen-bond acceptors (Lipinski definition) is 5. The van der Waals surface area contributed by atoms with Crippen molar-refractivity contribution < 1.29 is 18.8 Å². The third kappa shape index (κ3) is 4.94. The van der Waals surface area contributed by atoms with Gasteiger partial charge in [0.25, 0.3) is 5.91 Å². The first kappa shape index (κ1) is 23.3. The summed E-state index contributed by atoms with van der Waals surface area (Å²) in [5, 5.41) is 8.39. The molecule has 2 heterocycles. The van der Waals surface area contributed by atoms with E-state index in [9.17, 15) is 18.8 Å². The molecule has 1 aromatic heterocycles. The molecule has 0 bridgehead atoms. The van der Waals surface area contributed by atoms with E-state index in [1.807, 2.05) is 19.9 Å². The van der Waals surface area contributed by atoms with Crippen LogP contribution in [0.15, 0.2) is 42.6 Å². The van der Waals surface area contributed by atoms with Gasteiger partial charge in [0.05, 0.1) is 6.04 Å². The number of fused-ring (bicyclic) bond motifs is 1. The summed E-state index contributed by atoms with van der Waals surface area (Å²) in [6, 6.07) is 6.80. The Bertz CT molecular complexity index is 995. The lowest BCUT2D eigenvalue weighted by molar-refractivity contribution is -0.130. The lowest BCUT2D eigenvalue weighted by Gasteiger charge is -2.31. The molecule has 0 fully saturated rings. The van der Waals surface area contributed by atoms with Crippen LogP contribution in [0.2, 0.25) is 0 Å². The standard InChI is InChI=1S/C23H28FN5O3/c1-13(2)19(28-21(30)14(3)25-4)23(32)29-18(12-15-6-5-11-26-20(15)29)22(31)27-17-9-7-16(24)8-10-17/h5-11,13-14,18-19,25H,12H2,1-4H3,(H,27,31)(H,28,30)/t14-,18?,19?/m0/s1. The van der Waals surface area contributed by atoms with E-state index in [0.29, 0.717) is 11.5 Å². The minimum atomic E-state index is -0.850. The van der Waals surface area contributed by atoms with Crippen LogP contribution < -0.4 is 20.9 Å². The van der Waals surface area contributed by atoms with Crippen LogP contribution in [0.4, 0.5) is 15.9 Å². The van der Waals surface area contributed by atoms with Gasteiger partial charge in [0.15, 0.2) is 0 Å². The van der Waals surface area contributed by atoms with Crippen LogP contribution in [0.1, 0.15) is 26.3 Å². The van der Waals surface area contributed by atoms with E-state index in [1.165, 1.54) is 29.2 Å². The Balaban J connectivity index is 1.89. The van der Waals surface area contributed by atoms with Crippen molar-refractivity contribution in [2.75, 3.05) is 17.3 Å². The van der Waals surface area contributed by atoms with Crippen molar-refractivity contribution in [2.24, 2.45) is 5.92 Å². The first-order valence-electron chi connectivity index (χ1n) is 10.5. The Hall–Kier alpha value is -3.33. The molecule has 32 heavy (non-hydrogen) atoms. The third-order valence-electron chi connectivity index (χ3n) is 5.53. The van der Waals surface area contributed by atoms with Gasteiger partial charge in [0.2, 0.25) is 11.8 Å². The van der Waals surface area contributed by atoms with Gasteiger partial charge in [-0.2, -0.15) is 0 Å². The predicted molar refractivity (Wildman–Crippen MR) is 120 cm³/mol. The lowest BCUT2D eigenvalue weighted by atomic mass is 10.0. The summed E-state index contributed by atoms with van der Waals surface area (Å²) in [7, 11) is 1.66. The van der Waals surface area contributed by atoms with E-state index in [0.717, 1.165) is 5.56 Å². The molecule has 0 saturated carbocycles. The Morgan fingerprint density at radius 3 is 2.44 bits per heavy atom. The maximum absolute atomic E-state index is 13.6. The number of likely N-dealkylation sites (N-methyl/N-ethyl adjacent to an activating group) is 1. The van der Waals surface area contributed by atoms with Crippen LogP contribution in [0, 0.1) is 11.7 Å². The van der Waals surface area contributed by atoms with Crippen LogP contribution >= 0.6 is 0 Å². The molecule has 0 spiro atoms. The molecule has 1 aliphatic heterocycles. The average Bonchev–Trinajstić information content (AvgIpc) is 3.17. The number of aromatic nitrogens is 1. The normalized spacial score (nSPS) is 16.9. The zero-order valence-corrected chi connectivity index (χ0v) is 18.6. The van der Waals surface area contributed by atoms with Crippen LogP contribution in [-0.2, 0) is 20.8 Å². The molecule has 2 aromatic rings. The Morgan fingerprint density at radius 2 is 1.81 bits per heavy atom. The summed E-state index contributed by atoms with van der Waals surface area (Å²) < 4.78 is 13.2. The number of nitrogens with one attached hydrogen (secondary N) is 3. The Kier molecular flexibility index (Phi) is 7.19. The number of carbonyl (C=O) groups excluding carboxylic acids is 3. The summed E-state index contributed by atoms with van der Waals surface area (Å²) in [6.07, 6.45) is 1.85. The first-order valence-corrected chi connectivity index (χ1v) is 10.5. The molecule has 3 atom stereocenters. The van der Waals surface area contributed by atoms with Gasteiger partial charge in [-0.05, 0) is 55.8 Å². The maximum atomic E-state index is 13.6. The topological polar surface area (TPSA) is 103 Å². The summed E-state index contributed by atoms with van der Waals surface area (Å²) in [6.45, 7) is 5.36. The smallest absolute Gasteiger partial charge is 0.251 e. The highest BCUT2D eigenvalue weighted by Crippen LogP contribution is 2.32. The first-order chi connectivity index (χ1) is 15.2. The summed E-state index contributed by atoms with van der Waals surface area (Å²) in [5.74, 6) is -1.37. The second-order valence-corrected chi connectivity index (χ2v) is 8.15. The van der Waals surface area contributed by atoms with Crippen molar-refractivity contribution >= 4 is 29.2 Å². The highest BCUT2D eigenvalue weighted by molar-refractivity contribution is 6.09. The number of rotatable bonds is 7. The van der Waals surface area contributed by atoms with E-state index in [4.69, 9.17) is 0 Å². The molecule has 3 N–H and O–H groups in total. The van der Waals surface area contributed by atoms with Gasteiger partial charge in [-0.25, -0.2) is 9.37 Å². The molecule has 0 aliphatic carbocycles. The fourth-order valence-corrected chi connectivity index (χ4v) is 3.55. The number of halogens is 1. The van der Waals surface area contributed by atoms with Crippen LogP contribution in [0.5, 0.6) is 0 Å². The van der Waals surface area contributed by atoms with Crippen LogP contribution in [-0.4, -0.2) is 47.9 Å². The van der Waals surface area contributed by atoms with Crippen LogP contribution in [0.3, 0.4) is 0 Å². The minimum Gasteiger partial charge on any atom is -0.343 e. The SMILES string of the molecule is CN[C@@H](C)C(=O)NC(C(=O)N1c2ncccc2CC1C(=O)Nc1ccc(F)cc1)C(C)C. The molecule has 3 rings (SSSR count). The predicted octanol–water partition coefficient (Wildman–Crippen LogP) is 1.87.